The van der Waals surface area contributed by atoms with Crippen LogP contribution in [0.4, 0.5) is 10.2 Å². The van der Waals surface area contributed by atoms with Crippen LogP contribution < -0.4 is 0 Å². The Morgan fingerprint density at radius 2 is 1.94 bits per heavy atom. The summed E-state index contributed by atoms with van der Waals surface area (Å²) in [5, 5.41) is 10.5. The van der Waals surface area contributed by atoms with E-state index in [-0.39, 0.29) is 11.6 Å². The second-order valence-corrected chi connectivity index (χ2v) is 3.17. The molecule has 1 aromatic heterocycles. The lowest BCUT2D eigenvalue weighted by Crippen LogP contribution is -1.91. The van der Waals surface area contributed by atoms with Crippen molar-refractivity contribution in [2.45, 2.75) is 0 Å². The van der Waals surface area contributed by atoms with Crippen molar-refractivity contribution in [3.63, 3.8) is 0 Å². The number of pyridine rings is 1. The maximum absolute atomic E-state index is 13.0. The fourth-order valence-corrected chi connectivity index (χ4v) is 1.37. The molecule has 80 valence electrons. The van der Waals surface area contributed by atoms with Crippen LogP contribution in [0.3, 0.4) is 0 Å². The summed E-state index contributed by atoms with van der Waals surface area (Å²) in [5.41, 5.74) is 1.16. The van der Waals surface area contributed by atoms with Crippen LogP contribution in [-0.2, 0) is 0 Å². The molecular formula is C11H7FN2O2. The molecule has 0 saturated carbocycles. The summed E-state index contributed by atoms with van der Waals surface area (Å²) in [4.78, 5) is 13.5. The molecule has 0 amide bonds. The highest BCUT2D eigenvalue weighted by atomic mass is 19.1. The van der Waals surface area contributed by atoms with Gasteiger partial charge in [0.2, 0.25) is 0 Å². The molecule has 0 aliphatic heterocycles. The van der Waals surface area contributed by atoms with Gasteiger partial charge < -0.3 is 10.1 Å². The van der Waals surface area contributed by atoms with E-state index in [1.165, 1.54) is 24.4 Å². The predicted molar refractivity (Wildman–Crippen MR) is 56.3 cm³/mol. The molecule has 0 aliphatic rings. The highest BCUT2D eigenvalue weighted by Gasteiger charge is 2.08. The summed E-state index contributed by atoms with van der Waals surface area (Å²) >= 11 is 0. The summed E-state index contributed by atoms with van der Waals surface area (Å²) in [6.45, 7) is 0. The molecule has 1 aromatic carbocycles. The van der Waals surface area contributed by atoms with Crippen LogP contribution in [0, 0.1) is 15.9 Å². The first-order valence-corrected chi connectivity index (χ1v) is 4.53. The molecule has 2 aromatic rings. The van der Waals surface area contributed by atoms with Gasteiger partial charge in [-0.2, -0.15) is 0 Å². The second-order valence-electron chi connectivity index (χ2n) is 3.17. The van der Waals surface area contributed by atoms with E-state index >= 15 is 0 Å². The van der Waals surface area contributed by atoms with Crippen molar-refractivity contribution < 1.29 is 9.31 Å². The maximum Gasteiger partial charge on any atom is 0.364 e. The zero-order valence-corrected chi connectivity index (χ0v) is 8.13. The topological polar surface area (TPSA) is 56.0 Å². The van der Waals surface area contributed by atoms with Crippen molar-refractivity contribution in [1.82, 2.24) is 4.98 Å². The third kappa shape index (κ3) is 2.03. The molecule has 4 nitrogen and oxygen atoms in total. The summed E-state index contributed by atoms with van der Waals surface area (Å²) in [5.74, 6) is -0.626. The van der Waals surface area contributed by atoms with Gasteiger partial charge in [-0.05, 0) is 39.2 Å². The summed E-state index contributed by atoms with van der Waals surface area (Å²) in [6, 6.07) is 8.79. The van der Waals surface area contributed by atoms with E-state index in [9.17, 15) is 14.5 Å². The van der Waals surface area contributed by atoms with Gasteiger partial charge in [0, 0.05) is 6.07 Å². The van der Waals surface area contributed by atoms with Crippen LogP contribution in [0.2, 0.25) is 0 Å². The van der Waals surface area contributed by atoms with Crippen molar-refractivity contribution in [3.05, 3.63) is 58.5 Å². The van der Waals surface area contributed by atoms with E-state index < -0.39 is 4.92 Å². The van der Waals surface area contributed by atoms with Gasteiger partial charge in [-0.1, -0.05) is 12.1 Å². The minimum atomic E-state index is -0.581. The Balaban J connectivity index is 2.48. The Morgan fingerprint density at radius 3 is 2.62 bits per heavy atom. The van der Waals surface area contributed by atoms with Crippen molar-refractivity contribution in [2.24, 2.45) is 0 Å². The standard InChI is InChI=1S/C11H7FN2O2/c12-10-3-1-2-8(6-10)9-4-5-13-11(7-9)14(15)16/h1-7H. The minimum absolute atomic E-state index is 0.248. The summed E-state index contributed by atoms with van der Waals surface area (Å²) in [6.07, 6.45) is 1.33. The Kier molecular flexibility index (Phi) is 2.59. The largest absolute Gasteiger partial charge is 0.364 e. The number of nitro groups is 1. The van der Waals surface area contributed by atoms with Gasteiger partial charge >= 0.3 is 5.82 Å². The smallest absolute Gasteiger partial charge is 0.358 e. The molecule has 0 spiro atoms. The Morgan fingerprint density at radius 1 is 1.19 bits per heavy atom. The van der Waals surface area contributed by atoms with E-state index in [0.29, 0.717) is 11.1 Å². The SMILES string of the molecule is O=[N+]([O-])c1cc(-c2cccc(F)c2)ccn1. The summed E-state index contributed by atoms with van der Waals surface area (Å²) < 4.78 is 13.0. The Labute approximate surface area is 90.5 Å². The van der Waals surface area contributed by atoms with Crippen LogP contribution in [0.5, 0.6) is 0 Å². The molecule has 2 rings (SSSR count). The maximum atomic E-state index is 13.0. The van der Waals surface area contributed by atoms with Crippen molar-refractivity contribution in [2.75, 3.05) is 0 Å². The van der Waals surface area contributed by atoms with Crippen LogP contribution in [0.15, 0.2) is 42.6 Å². The average molecular weight is 218 g/mol. The third-order valence-electron chi connectivity index (χ3n) is 2.09. The fourth-order valence-electron chi connectivity index (χ4n) is 1.37. The number of nitrogens with zero attached hydrogens (tertiary/aromatic N) is 2. The fraction of sp³-hybridized carbons (Fsp3) is 0. The number of rotatable bonds is 2. The monoisotopic (exact) mass is 218 g/mol. The van der Waals surface area contributed by atoms with Gasteiger partial charge in [-0.3, -0.25) is 0 Å². The van der Waals surface area contributed by atoms with Crippen molar-refractivity contribution in [1.29, 1.82) is 0 Å². The van der Waals surface area contributed by atoms with E-state index in [0.717, 1.165) is 0 Å². The minimum Gasteiger partial charge on any atom is -0.358 e. The average Bonchev–Trinajstić information content (AvgIpc) is 2.29. The van der Waals surface area contributed by atoms with Crippen LogP contribution in [0.25, 0.3) is 11.1 Å². The number of hydrogen-bond acceptors (Lipinski definition) is 3. The molecule has 16 heavy (non-hydrogen) atoms. The lowest BCUT2D eigenvalue weighted by atomic mass is 10.1. The Bertz CT molecular complexity index is 543. The molecular weight excluding hydrogens is 211 g/mol. The van der Waals surface area contributed by atoms with E-state index in [4.69, 9.17) is 0 Å². The quantitative estimate of drug-likeness (QED) is 0.575. The Hall–Kier alpha value is -2.30. The number of benzene rings is 1. The van der Waals surface area contributed by atoms with E-state index in [1.54, 1.807) is 18.2 Å². The molecule has 0 N–H and O–H groups in total. The van der Waals surface area contributed by atoms with Gasteiger partial charge in [-0.15, -0.1) is 0 Å². The van der Waals surface area contributed by atoms with Gasteiger partial charge in [0.05, 0.1) is 0 Å². The molecule has 0 bridgehead atoms. The lowest BCUT2D eigenvalue weighted by molar-refractivity contribution is -0.389. The first-order chi connectivity index (χ1) is 7.66. The molecule has 0 atom stereocenters. The second kappa shape index (κ2) is 4.06. The van der Waals surface area contributed by atoms with E-state index in [1.807, 2.05) is 0 Å². The molecule has 0 saturated heterocycles. The number of hydrogen-bond donors (Lipinski definition) is 0. The van der Waals surface area contributed by atoms with Crippen molar-refractivity contribution in [3.8, 4) is 11.1 Å². The highest BCUT2D eigenvalue weighted by Crippen LogP contribution is 2.22. The molecule has 5 heteroatoms. The first-order valence-electron chi connectivity index (χ1n) is 4.53. The summed E-state index contributed by atoms with van der Waals surface area (Å²) in [7, 11) is 0. The zero-order valence-electron chi connectivity index (χ0n) is 8.13. The van der Waals surface area contributed by atoms with Gasteiger partial charge in [0.1, 0.15) is 12.0 Å². The van der Waals surface area contributed by atoms with Crippen LogP contribution in [-0.4, -0.2) is 9.91 Å². The van der Waals surface area contributed by atoms with E-state index in [2.05, 4.69) is 4.98 Å². The van der Waals surface area contributed by atoms with Gasteiger partial charge in [0.25, 0.3) is 0 Å². The molecule has 1 heterocycles. The predicted octanol–water partition coefficient (Wildman–Crippen LogP) is 2.80. The lowest BCUT2D eigenvalue weighted by Gasteiger charge is -2.00. The van der Waals surface area contributed by atoms with Crippen molar-refractivity contribution >= 4 is 5.82 Å². The first kappa shape index (κ1) is 10.2. The molecule has 0 radical (unpaired) electrons. The van der Waals surface area contributed by atoms with Crippen LogP contribution >= 0.6 is 0 Å². The normalized spacial score (nSPS) is 10.1. The van der Waals surface area contributed by atoms with Gasteiger partial charge in [0.15, 0.2) is 0 Å². The zero-order chi connectivity index (χ0) is 11.5. The molecule has 0 fully saturated rings. The van der Waals surface area contributed by atoms with Crippen LogP contribution in [0.1, 0.15) is 0 Å². The number of aromatic nitrogens is 1. The molecule has 0 unspecified atom stereocenters. The highest BCUT2D eigenvalue weighted by molar-refractivity contribution is 5.64. The molecule has 0 aliphatic carbocycles. The third-order valence-corrected chi connectivity index (χ3v) is 2.09. The van der Waals surface area contributed by atoms with Gasteiger partial charge in [-0.25, -0.2) is 4.39 Å². The number of halogens is 1.